The zero-order chi connectivity index (χ0) is 17.1. The maximum atomic E-state index is 13.6. The van der Waals surface area contributed by atoms with E-state index in [0.29, 0.717) is 5.65 Å². The summed E-state index contributed by atoms with van der Waals surface area (Å²) in [5.74, 6) is -1.05. The number of halogens is 1. The molecule has 0 fully saturated rings. The smallest absolute Gasteiger partial charge is 0.350 e. The highest BCUT2D eigenvalue weighted by Gasteiger charge is 2.15. The van der Waals surface area contributed by atoms with Crippen molar-refractivity contribution in [2.24, 2.45) is 0 Å². The predicted octanol–water partition coefficient (Wildman–Crippen LogP) is 0.485. The molecule has 8 heteroatoms. The van der Waals surface area contributed by atoms with E-state index in [0.717, 1.165) is 4.68 Å². The van der Waals surface area contributed by atoms with E-state index in [1.54, 1.807) is 30.5 Å². The van der Waals surface area contributed by atoms with Crippen molar-refractivity contribution < 1.29 is 14.3 Å². The minimum Gasteiger partial charge on any atom is -0.386 e. The molecular formula is C16H15FN4O3. The van der Waals surface area contributed by atoms with Gasteiger partial charge in [0, 0.05) is 18.3 Å². The first kappa shape index (κ1) is 15.9. The lowest BCUT2D eigenvalue weighted by Crippen LogP contribution is -2.35. The number of fused-ring (bicyclic) bond motifs is 1. The molecule has 0 bridgehead atoms. The molecule has 2 heterocycles. The summed E-state index contributed by atoms with van der Waals surface area (Å²) in [4.78, 5) is 24.0. The van der Waals surface area contributed by atoms with E-state index in [-0.39, 0.29) is 18.7 Å². The zero-order valence-electron chi connectivity index (χ0n) is 12.6. The number of amides is 1. The predicted molar refractivity (Wildman–Crippen MR) is 83.8 cm³/mol. The molecule has 2 aromatic heterocycles. The number of hydrogen-bond donors (Lipinski definition) is 2. The fourth-order valence-corrected chi connectivity index (χ4v) is 2.33. The summed E-state index contributed by atoms with van der Waals surface area (Å²) in [7, 11) is 0. The standard InChI is InChI=1S/C16H15FN4O3/c17-12-6-2-1-5-11(12)13(22)9-18-15(23)10-21-16(24)20-8-4-3-7-14(20)19-21/h1-8,13,22H,9-10H2,(H,18,23). The molecule has 1 unspecified atom stereocenters. The quantitative estimate of drug-likeness (QED) is 0.712. The van der Waals surface area contributed by atoms with Gasteiger partial charge in [-0.3, -0.25) is 9.20 Å². The van der Waals surface area contributed by atoms with Crippen molar-refractivity contribution in [2.45, 2.75) is 12.6 Å². The Morgan fingerprint density at radius 3 is 2.75 bits per heavy atom. The maximum Gasteiger partial charge on any atom is 0.350 e. The van der Waals surface area contributed by atoms with Crippen molar-refractivity contribution in [3.63, 3.8) is 0 Å². The molecule has 0 saturated carbocycles. The minimum atomic E-state index is -1.17. The Kier molecular flexibility index (Phi) is 4.39. The Hall–Kier alpha value is -3.00. The number of pyridine rings is 1. The van der Waals surface area contributed by atoms with Crippen LogP contribution in [0.1, 0.15) is 11.7 Å². The fourth-order valence-electron chi connectivity index (χ4n) is 2.33. The van der Waals surface area contributed by atoms with Crippen molar-refractivity contribution >= 4 is 11.6 Å². The molecule has 0 aliphatic carbocycles. The number of aromatic nitrogens is 3. The van der Waals surface area contributed by atoms with Gasteiger partial charge in [0.15, 0.2) is 5.65 Å². The Morgan fingerprint density at radius 1 is 1.25 bits per heavy atom. The van der Waals surface area contributed by atoms with Crippen LogP contribution in [0.15, 0.2) is 53.5 Å². The third-order valence-corrected chi connectivity index (χ3v) is 3.54. The number of nitrogens with one attached hydrogen (secondary N) is 1. The molecule has 24 heavy (non-hydrogen) atoms. The SMILES string of the molecule is O=C(Cn1nc2ccccn2c1=O)NCC(O)c1ccccc1F. The first-order valence-electron chi connectivity index (χ1n) is 7.29. The number of nitrogens with zero attached hydrogens (tertiary/aromatic N) is 3. The molecule has 3 aromatic rings. The zero-order valence-corrected chi connectivity index (χ0v) is 12.6. The number of carbonyl (C=O) groups excluding carboxylic acids is 1. The van der Waals surface area contributed by atoms with Crippen molar-refractivity contribution in [1.82, 2.24) is 19.5 Å². The van der Waals surface area contributed by atoms with Gasteiger partial charge in [0.1, 0.15) is 12.4 Å². The van der Waals surface area contributed by atoms with Crippen LogP contribution in [0.4, 0.5) is 4.39 Å². The van der Waals surface area contributed by atoms with Gasteiger partial charge in [-0.2, -0.15) is 0 Å². The van der Waals surface area contributed by atoms with Crippen LogP contribution in [0.25, 0.3) is 5.65 Å². The second kappa shape index (κ2) is 6.63. The molecule has 1 atom stereocenters. The molecule has 7 nitrogen and oxygen atoms in total. The van der Waals surface area contributed by atoms with Crippen molar-refractivity contribution in [1.29, 1.82) is 0 Å². The Balaban J connectivity index is 1.64. The lowest BCUT2D eigenvalue weighted by molar-refractivity contribution is -0.122. The lowest BCUT2D eigenvalue weighted by Gasteiger charge is -2.12. The first-order valence-corrected chi connectivity index (χ1v) is 7.29. The molecule has 0 saturated heterocycles. The van der Waals surface area contributed by atoms with Crippen LogP contribution in [-0.2, 0) is 11.3 Å². The minimum absolute atomic E-state index is 0.0997. The van der Waals surface area contributed by atoms with E-state index in [2.05, 4.69) is 10.4 Å². The van der Waals surface area contributed by atoms with E-state index in [4.69, 9.17) is 0 Å². The normalized spacial score (nSPS) is 12.2. The molecule has 0 aliphatic heterocycles. The third kappa shape index (κ3) is 3.18. The first-order chi connectivity index (χ1) is 11.6. The summed E-state index contributed by atoms with van der Waals surface area (Å²) in [5, 5.41) is 16.4. The van der Waals surface area contributed by atoms with E-state index in [1.165, 1.54) is 22.6 Å². The average Bonchev–Trinajstić information content (AvgIpc) is 2.89. The van der Waals surface area contributed by atoms with E-state index >= 15 is 0 Å². The monoisotopic (exact) mass is 330 g/mol. The largest absolute Gasteiger partial charge is 0.386 e. The molecule has 0 radical (unpaired) electrons. The molecule has 2 N–H and O–H groups in total. The van der Waals surface area contributed by atoms with Gasteiger partial charge in [-0.15, -0.1) is 5.10 Å². The molecule has 1 amide bonds. The summed E-state index contributed by atoms with van der Waals surface area (Å²) in [6.45, 7) is -0.452. The van der Waals surface area contributed by atoms with Crippen LogP contribution < -0.4 is 11.0 Å². The highest BCUT2D eigenvalue weighted by atomic mass is 19.1. The van der Waals surface area contributed by atoms with Crippen LogP contribution in [0, 0.1) is 5.82 Å². The number of hydrogen-bond acceptors (Lipinski definition) is 4. The average molecular weight is 330 g/mol. The Morgan fingerprint density at radius 2 is 2.00 bits per heavy atom. The summed E-state index contributed by atoms with van der Waals surface area (Å²) >= 11 is 0. The molecule has 3 rings (SSSR count). The Bertz CT molecular complexity index is 934. The van der Waals surface area contributed by atoms with Gasteiger partial charge in [0.2, 0.25) is 5.91 Å². The lowest BCUT2D eigenvalue weighted by atomic mass is 10.1. The maximum absolute atomic E-state index is 13.6. The second-order valence-corrected chi connectivity index (χ2v) is 5.21. The fraction of sp³-hybridized carbons (Fsp3) is 0.188. The van der Waals surface area contributed by atoms with Crippen molar-refractivity contribution in [3.05, 3.63) is 70.5 Å². The van der Waals surface area contributed by atoms with Crippen LogP contribution in [0.3, 0.4) is 0 Å². The molecular weight excluding hydrogens is 315 g/mol. The summed E-state index contributed by atoms with van der Waals surface area (Å²) in [5.41, 5.74) is 0.0970. The molecule has 0 spiro atoms. The van der Waals surface area contributed by atoms with Gasteiger partial charge >= 0.3 is 5.69 Å². The highest BCUT2D eigenvalue weighted by molar-refractivity contribution is 5.75. The van der Waals surface area contributed by atoms with E-state index in [9.17, 15) is 19.1 Å². The van der Waals surface area contributed by atoms with Gasteiger partial charge in [-0.05, 0) is 18.2 Å². The van der Waals surface area contributed by atoms with Crippen molar-refractivity contribution in [2.75, 3.05) is 6.54 Å². The van der Waals surface area contributed by atoms with Gasteiger partial charge < -0.3 is 10.4 Å². The second-order valence-electron chi connectivity index (χ2n) is 5.21. The molecule has 1 aromatic carbocycles. The number of benzene rings is 1. The third-order valence-electron chi connectivity index (χ3n) is 3.54. The number of rotatable bonds is 5. The number of aliphatic hydroxyl groups excluding tert-OH is 1. The number of carbonyl (C=O) groups is 1. The van der Waals surface area contributed by atoms with Crippen LogP contribution in [0.5, 0.6) is 0 Å². The van der Waals surface area contributed by atoms with Crippen molar-refractivity contribution in [3.8, 4) is 0 Å². The van der Waals surface area contributed by atoms with E-state index in [1.807, 2.05) is 0 Å². The Labute approximate surface area is 136 Å². The van der Waals surface area contributed by atoms with Gasteiger partial charge in [-0.1, -0.05) is 24.3 Å². The summed E-state index contributed by atoms with van der Waals surface area (Å²) in [6.07, 6.45) is 0.383. The van der Waals surface area contributed by atoms with E-state index < -0.39 is 23.5 Å². The number of aliphatic hydroxyl groups is 1. The van der Waals surface area contributed by atoms with Gasteiger partial charge in [0.05, 0.1) is 6.10 Å². The van der Waals surface area contributed by atoms with Gasteiger partial charge in [0.25, 0.3) is 0 Å². The highest BCUT2D eigenvalue weighted by Crippen LogP contribution is 2.15. The summed E-state index contributed by atoms with van der Waals surface area (Å²) in [6, 6.07) is 10.9. The topological polar surface area (TPSA) is 88.6 Å². The summed E-state index contributed by atoms with van der Waals surface area (Å²) < 4.78 is 15.9. The van der Waals surface area contributed by atoms with Gasteiger partial charge in [-0.25, -0.2) is 13.9 Å². The van der Waals surface area contributed by atoms with Crippen LogP contribution in [-0.4, -0.2) is 31.7 Å². The molecule has 124 valence electrons. The van der Waals surface area contributed by atoms with Crippen LogP contribution >= 0.6 is 0 Å². The van der Waals surface area contributed by atoms with Crippen LogP contribution in [0.2, 0.25) is 0 Å². The molecule has 0 aliphatic rings.